The molecule has 0 fully saturated rings. The lowest BCUT2D eigenvalue weighted by atomic mass is 10.1. The van der Waals surface area contributed by atoms with Crippen molar-refractivity contribution in [2.24, 2.45) is 0 Å². The normalized spacial score (nSPS) is 15.7. The summed E-state index contributed by atoms with van der Waals surface area (Å²) in [6.07, 6.45) is 0. The molecule has 0 N–H and O–H groups in total. The predicted molar refractivity (Wildman–Crippen MR) is 114 cm³/mol. The number of fused-ring (bicyclic) bond motifs is 2. The van der Waals surface area contributed by atoms with Crippen molar-refractivity contribution in [3.8, 4) is 23.0 Å². The highest BCUT2D eigenvalue weighted by atomic mass is 16.5. The van der Waals surface area contributed by atoms with E-state index in [0.29, 0.717) is 26.7 Å². The van der Waals surface area contributed by atoms with Crippen molar-refractivity contribution < 1.29 is 18.9 Å². The number of hydrogen-bond acceptors (Lipinski definition) is 6. The van der Waals surface area contributed by atoms with Crippen molar-refractivity contribution in [1.29, 1.82) is 0 Å². The van der Waals surface area contributed by atoms with Crippen LogP contribution in [-0.2, 0) is 13.1 Å². The highest BCUT2D eigenvalue weighted by Crippen LogP contribution is 2.29. The molecule has 0 atom stereocenters. The van der Waals surface area contributed by atoms with E-state index in [1.165, 1.54) is 11.1 Å². The van der Waals surface area contributed by atoms with Crippen LogP contribution in [0.25, 0.3) is 0 Å². The summed E-state index contributed by atoms with van der Waals surface area (Å²) in [7, 11) is 2.04. The van der Waals surface area contributed by atoms with E-state index in [-0.39, 0.29) is 0 Å². The third-order valence-corrected chi connectivity index (χ3v) is 4.82. The second-order valence-corrected chi connectivity index (χ2v) is 7.11. The second kappa shape index (κ2) is 10.4. The van der Waals surface area contributed by atoms with Gasteiger partial charge in [-0.2, -0.15) is 0 Å². The average molecular weight is 401 g/mol. The first-order valence-corrected chi connectivity index (χ1v) is 10.3. The fraction of sp³-hybridized carbons (Fsp3) is 0.478. The molecule has 0 bridgehead atoms. The van der Waals surface area contributed by atoms with Gasteiger partial charge in [0.2, 0.25) is 0 Å². The molecule has 2 aliphatic heterocycles. The van der Waals surface area contributed by atoms with Gasteiger partial charge in [-0.05, 0) is 39.6 Å². The maximum absolute atomic E-state index is 5.66. The van der Waals surface area contributed by atoms with Gasteiger partial charge in [-0.1, -0.05) is 19.1 Å². The van der Waals surface area contributed by atoms with Crippen LogP contribution in [0.3, 0.4) is 0 Å². The molecule has 2 aromatic carbocycles. The Labute approximate surface area is 173 Å². The largest absolute Gasteiger partial charge is 0.494 e. The lowest BCUT2D eigenvalue weighted by Crippen LogP contribution is -2.31. The van der Waals surface area contributed by atoms with E-state index in [2.05, 4.69) is 28.9 Å². The minimum Gasteiger partial charge on any atom is -0.494 e. The molecule has 158 valence electrons. The standard InChI is InChI=1S/C12H17NO2.C11H15NO2/c1-3-13-8-10-5-6-11(14-4-2)7-12(10)15-9-13;1-3-13-10-5-4-9-7-12(2)8-14-11(9)6-10/h5-7H,3-4,8-9H2,1-2H3;4-6H,3,7-8H2,1-2H3. The van der Waals surface area contributed by atoms with Crippen LogP contribution in [0.4, 0.5) is 0 Å². The fourth-order valence-electron chi connectivity index (χ4n) is 3.28. The highest BCUT2D eigenvalue weighted by Gasteiger charge is 2.16. The van der Waals surface area contributed by atoms with E-state index < -0.39 is 0 Å². The van der Waals surface area contributed by atoms with Crippen LogP contribution in [-0.4, -0.2) is 50.1 Å². The molecule has 2 aromatic rings. The van der Waals surface area contributed by atoms with Gasteiger partial charge in [0, 0.05) is 36.3 Å². The average Bonchev–Trinajstić information content (AvgIpc) is 2.74. The zero-order chi connectivity index (χ0) is 20.6. The Bertz CT molecular complexity index is 796. The van der Waals surface area contributed by atoms with Gasteiger partial charge in [-0.3, -0.25) is 9.80 Å². The smallest absolute Gasteiger partial charge is 0.142 e. The van der Waals surface area contributed by atoms with Crippen LogP contribution < -0.4 is 18.9 Å². The predicted octanol–water partition coefficient (Wildman–Crippen LogP) is 4.12. The Morgan fingerprint density at radius 3 is 1.90 bits per heavy atom. The van der Waals surface area contributed by atoms with E-state index in [0.717, 1.165) is 42.6 Å². The third-order valence-electron chi connectivity index (χ3n) is 4.82. The van der Waals surface area contributed by atoms with Gasteiger partial charge in [-0.25, -0.2) is 0 Å². The lowest BCUT2D eigenvalue weighted by molar-refractivity contribution is 0.100. The minimum absolute atomic E-state index is 0.655. The molecular formula is C23H32N2O4. The molecule has 4 rings (SSSR count). The Hall–Kier alpha value is -2.44. The summed E-state index contributed by atoms with van der Waals surface area (Å²) in [5.74, 6) is 3.69. The number of rotatable bonds is 5. The van der Waals surface area contributed by atoms with E-state index in [1.807, 2.05) is 45.2 Å². The summed E-state index contributed by atoms with van der Waals surface area (Å²) >= 11 is 0. The van der Waals surface area contributed by atoms with Gasteiger partial charge in [0.25, 0.3) is 0 Å². The maximum Gasteiger partial charge on any atom is 0.142 e. The topological polar surface area (TPSA) is 43.4 Å². The molecule has 0 amide bonds. The molecular weight excluding hydrogens is 368 g/mol. The van der Waals surface area contributed by atoms with Crippen LogP contribution in [0, 0.1) is 0 Å². The Balaban J connectivity index is 0.000000166. The molecule has 0 saturated heterocycles. The van der Waals surface area contributed by atoms with Crippen molar-refractivity contribution in [2.45, 2.75) is 33.9 Å². The van der Waals surface area contributed by atoms with Gasteiger partial charge < -0.3 is 18.9 Å². The van der Waals surface area contributed by atoms with Gasteiger partial charge in [0.15, 0.2) is 0 Å². The monoisotopic (exact) mass is 400 g/mol. The molecule has 29 heavy (non-hydrogen) atoms. The van der Waals surface area contributed by atoms with Crippen molar-refractivity contribution in [1.82, 2.24) is 9.80 Å². The lowest BCUT2D eigenvalue weighted by Gasteiger charge is -2.28. The SMILES string of the molecule is CCOc1ccc2c(c1)OCN(C)C2.CCOc1ccc2c(c1)OCN(CC)C2. The summed E-state index contributed by atoms with van der Waals surface area (Å²) in [6.45, 7) is 11.8. The number of benzene rings is 2. The van der Waals surface area contributed by atoms with Crippen LogP contribution in [0.2, 0.25) is 0 Å². The maximum atomic E-state index is 5.66. The quantitative estimate of drug-likeness (QED) is 0.752. The first kappa shape index (κ1) is 21.3. The summed E-state index contributed by atoms with van der Waals surface area (Å²) in [4.78, 5) is 4.38. The van der Waals surface area contributed by atoms with E-state index in [4.69, 9.17) is 18.9 Å². The van der Waals surface area contributed by atoms with E-state index in [9.17, 15) is 0 Å². The fourth-order valence-corrected chi connectivity index (χ4v) is 3.28. The van der Waals surface area contributed by atoms with Crippen molar-refractivity contribution in [3.05, 3.63) is 47.5 Å². The summed E-state index contributed by atoms with van der Waals surface area (Å²) in [6, 6.07) is 12.1. The van der Waals surface area contributed by atoms with Crippen LogP contribution in [0.1, 0.15) is 31.9 Å². The van der Waals surface area contributed by atoms with Crippen molar-refractivity contribution in [2.75, 3.05) is 40.3 Å². The summed E-state index contributed by atoms with van der Waals surface area (Å²) in [5.41, 5.74) is 2.47. The molecule has 0 saturated carbocycles. The van der Waals surface area contributed by atoms with Crippen molar-refractivity contribution in [3.63, 3.8) is 0 Å². The molecule has 0 aliphatic carbocycles. The second-order valence-electron chi connectivity index (χ2n) is 7.11. The van der Waals surface area contributed by atoms with Crippen LogP contribution in [0.5, 0.6) is 23.0 Å². The van der Waals surface area contributed by atoms with Gasteiger partial charge in [-0.15, -0.1) is 0 Å². The van der Waals surface area contributed by atoms with Crippen LogP contribution >= 0.6 is 0 Å². The molecule has 2 heterocycles. The van der Waals surface area contributed by atoms with Gasteiger partial charge >= 0.3 is 0 Å². The van der Waals surface area contributed by atoms with Gasteiger partial charge in [0.1, 0.15) is 36.5 Å². The first-order chi connectivity index (χ1) is 14.1. The number of nitrogens with zero attached hydrogens (tertiary/aromatic N) is 2. The summed E-state index contributed by atoms with van der Waals surface area (Å²) in [5, 5.41) is 0. The highest BCUT2D eigenvalue weighted by molar-refractivity contribution is 5.42. The molecule has 0 unspecified atom stereocenters. The molecule has 2 aliphatic rings. The Morgan fingerprint density at radius 2 is 1.34 bits per heavy atom. The third kappa shape index (κ3) is 5.78. The molecule has 0 aromatic heterocycles. The minimum atomic E-state index is 0.655. The number of hydrogen-bond donors (Lipinski definition) is 0. The molecule has 0 radical (unpaired) electrons. The Kier molecular flexibility index (Phi) is 7.61. The van der Waals surface area contributed by atoms with E-state index in [1.54, 1.807) is 0 Å². The zero-order valence-corrected chi connectivity index (χ0v) is 17.9. The summed E-state index contributed by atoms with van der Waals surface area (Å²) < 4.78 is 22.1. The van der Waals surface area contributed by atoms with Crippen molar-refractivity contribution >= 4 is 0 Å². The molecule has 6 nitrogen and oxygen atoms in total. The molecule has 6 heteroatoms. The first-order valence-electron chi connectivity index (χ1n) is 10.3. The van der Waals surface area contributed by atoms with Gasteiger partial charge in [0.05, 0.1) is 13.2 Å². The van der Waals surface area contributed by atoms with Crippen LogP contribution in [0.15, 0.2) is 36.4 Å². The Morgan fingerprint density at radius 1 is 0.793 bits per heavy atom. The number of ether oxygens (including phenoxy) is 4. The molecule has 0 spiro atoms. The zero-order valence-electron chi connectivity index (χ0n) is 17.9. The van der Waals surface area contributed by atoms with E-state index >= 15 is 0 Å².